The van der Waals surface area contributed by atoms with Crippen molar-refractivity contribution in [3.05, 3.63) is 64.4 Å². The molecule has 0 N–H and O–H groups in total. The predicted octanol–water partition coefficient (Wildman–Crippen LogP) is 3.13. The van der Waals surface area contributed by atoms with E-state index in [9.17, 15) is 10.1 Å². The topological polar surface area (TPSA) is 49.0 Å². The van der Waals surface area contributed by atoms with Gasteiger partial charge in [0.2, 0.25) is 5.78 Å². The third-order valence-electron chi connectivity index (χ3n) is 2.97. The van der Waals surface area contributed by atoms with Gasteiger partial charge in [-0.25, -0.2) is 0 Å². The first-order valence-corrected chi connectivity index (χ1v) is 6.68. The maximum absolute atomic E-state index is 12.4. The smallest absolute Gasteiger partial charge is 0.205 e. The number of halogens is 1. The van der Waals surface area contributed by atoms with Crippen LogP contribution in [0.15, 0.2) is 48.2 Å². The first-order valence-electron chi connectivity index (χ1n) is 6.30. The molecule has 4 nitrogen and oxygen atoms in total. The van der Waals surface area contributed by atoms with Crippen LogP contribution in [-0.4, -0.2) is 24.6 Å². The Balaban J connectivity index is 2.43. The summed E-state index contributed by atoms with van der Waals surface area (Å²) in [5.41, 5.74) is 1.12. The maximum Gasteiger partial charge on any atom is 0.205 e. The van der Waals surface area contributed by atoms with Gasteiger partial charge in [-0.3, -0.25) is 9.47 Å². The van der Waals surface area contributed by atoms with Gasteiger partial charge in [-0.1, -0.05) is 23.7 Å². The zero-order valence-corrected chi connectivity index (χ0v) is 12.5. The SMILES string of the molecule is CN(C)n1cccc1/C=C(\C#N)C(=O)c1ccccc1Cl. The summed E-state index contributed by atoms with van der Waals surface area (Å²) >= 11 is 6.01. The molecule has 5 heteroatoms. The molecular formula is C16H14ClN3O. The fraction of sp³-hybridized carbons (Fsp3) is 0.125. The Morgan fingerprint density at radius 2 is 2.00 bits per heavy atom. The molecule has 0 aliphatic heterocycles. The Hall–Kier alpha value is -2.51. The third kappa shape index (κ3) is 3.15. The van der Waals surface area contributed by atoms with Gasteiger partial charge in [0.15, 0.2) is 0 Å². The number of rotatable bonds is 4. The number of allylic oxidation sites excluding steroid dienone is 1. The molecule has 0 fully saturated rings. The summed E-state index contributed by atoms with van der Waals surface area (Å²) in [4.78, 5) is 12.4. The first-order chi connectivity index (χ1) is 10.0. The van der Waals surface area contributed by atoms with Gasteiger partial charge in [0.1, 0.15) is 11.6 Å². The number of aromatic nitrogens is 1. The Morgan fingerprint density at radius 3 is 2.62 bits per heavy atom. The van der Waals surface area contributed by atoms with Crippen molar-refractivity contribution in [3.8, 4) is 6.07 Å². The highest BCUT2D eigenvalue weighted by Crippen LogP contribution is 2.20. The van der Waals surface area contributed by atoms with Gasteiger partial charge in [-0.05, 0) is 30.3 Å². The number of nitriles is 1. The first kappa shape index (κ1) is 14.9. The minimum absolute atomic E-state index is 0.0462. The van der Waals surface area contributed by atoms with Crippen LogP contribution in [0.1, 0.15) is 16.1 Å². The molecule has 0 saturated heterocycles. The zero-order chi connectivity index (χ0) is 15.4. The van der Waals surface area contributed by atoms with E-state index in [1.54, 1.807) is 30.3 Å². The molecule has 0 unspecified atom stereocenters. The number of carbonyl (C=O) groups excluding carboxylic acids is 1. The summed E-state index contributed by atoms with van der Waals surface area (Å²) in [6.45, 7) is 0. The molecule has 0 spiro atoms. The van der Waals surface area contributed by atoms with Crippen molar-refractivity contribution in [3.63, 3.8) is 0 Å². The molecule has 0 saturated carbocycles. The lowest BCUT2D eigenvalue weighted by Crippen LogP contribution is -2.24. The average molecular weight is 300 g/mol. The average Bonchev–Trinajstić information content (AvgIpc) is 2.93. The van der Waals surface area contributed by atoms with E-state index in [0.717, 1.165) is 5.69 Å². The quantitative estimate of drug-likeness (QED) is 0.495. The Kier molecular flexibility index (Phi) is 4.46. The Bertz CT molecular complexity index is 738. The predicted molar refractivity (Wildman–Crippen MR) is 83.9 cm³/mol. The molecule has 21 heavy (non-hydrogen) atoms. The van der Waals surface area contributed by atoms with Crippen LogP contribution in [0.5, 0.6) is 0 Å². The molecule has 1 heterocycles. The molecule has 0 aliphatic carbocycles. The molecule has 0 radical (unpaired) electrons. The second kappa shape index (κ2) is 6.29. The second-order valence-corrected chi connectivity index (χ2v) is 5.01. The minimum atomic E-state index is -0.380. The number of hydrogen-bond acceptors (Lipinski definition) is 3. The van der Waals surface area contributed by atoms with Gasteiger partial charge in [0.05, 0.1) is 10.7 Å². The van der Waals surface area contributed by atoms with Crippen molar-refractivity contribution < 1.29 is 4.79 Å². The van der Waals surface area contributed by atoms with Crippen LogP contribution in [-0.2, 0) is 0 Å². The summed E-state index contributed by atoms with van der Waals surface area (Å²) < 4.78 is 1.83. The molecule has 2 rings (SSSR count). The summed E-state index contributed by atoms with van der Waals surface area (Å²) in [6, 6.07) is 12.3. The van der Waals surface area contributed by atoms with Gasteiger partial charge in [-0.15, -0.1) is 0 Å². The fourth-order valence-corrected chi connectivity index (χ4v) is 2.17. The number of benzene rings is 1. The number of Topliss-reactive ketones (excluding diaryl/α,β-unsaturated/α-hetero) is 1. The van der Waals surface area contributed by atoms with Crippen molar-refractivity contribution in [2.24, 2.45) is 0 Å². The number of carbonyl (C=O) groups is 1. The molecule has 2 aromatic rings. The lowest BCUT2D eigenvalue weighted by molar-refractivity contribution is 0.104. The van der Waals surface area contributed by atoms with E-state index in [1.165, 1.54) is 0 Å². The van der Waals surface area contributed by atoms with Gasteiger partial charge in [0, 0.05) is 25.9 Å². The number of hydrogen-bond donors (Lipinski definition) is 0. The van der Waals surface area contributed by atoms with E-state index in [1.807, 2.05) is 48.2 Å². The van der Waals surface area contributed by atoms with E-state index >= 15 is 0 Å². The van der Waals surface area contributed by atoms with Crippen molar-refractivity contribution >= 4 is 23.5 Å². The van der Waals surface area contributed by atoms with E-state index in [2.05, 4.69) is 0 Å². The fourth-order valence-electron chi connectivity index (χ4n) is 1.95. The van der Waals surface area contributed by atoms with Crippen LogP contribution < -0.4 is 5.01 Å². The molecule has 0 atom stereocenters. The van der Waals surface area contributed by atoms with Crippen molar-refractivity contribution in [2.45, 2.75) is 0 Å². The number of ketones is 1. The van der Waals surface area contributed by atoms with Crippen molar-refractivity contribution in [1.29, 1.82) is 5.26 Å². The summed E-state index contributed by atoms with van der Waals surface area (Å²) in [5, 5.41) is 11.5. The van der Waals surface area contributed by atoms with E-state index in [0.29, 0.717) is 10.6 Å². The largest absolute Gasteiger partial charge is 0.319 e. The highest BCUT2D eigenvalue weighted by Gasteiger charge is 2.15. The van der Waals surface area contributed by atoms with E-state index in [-0.39, 0.29) is 11.4 Å². The van der Waals surface area contributed by atoms with Gasteiger partial charge >= 0.3 is 0 Å². The maximum atomic E-state index is 12.4. The van der Waals surface area contributed by atoms with Crippen LogP contribution >= 0.6 is 11.6 Å². The molecule has 0 aliphatic rings. The van der Waals surface area contributed by atoms with Crippen LogP contribution in [0.25, 0.3) is 6.08 Å². The highest BCUT2D eigenvalue weighted by molar-refractivity contribution is 6.35. The Labute approximate surface area is 128 Å². The molecule has 1 aromatic carbocycles. The lowest BCUT2D eigenvalue weighted by Gasteiger charge is -2.16. The monoisotopic (exact) mass is 299 g/mol. The normalized spacial score (nSPS) is 11.0. The molecule has 1 aromatic heterocycles. The van der Waals surface area contributed by atoms with Gasteiger partial charge in [-0.2, -0.15) is 5.26 Å². The minimum Gasteiger partial charge on any atom is -0.319 e. The van der Waals surface area contributed by atoms with Crippen molar-refractivity contribution in [1.82, 2.24) is 4.68 Å². The molecule has 0 bridgehead atoms. The lowest BCUT2D eigenvalue weighted by atomic mass is 10.0. The summed E-state index contributed by atoms with van der Waals surface area (Å²) in [6.07, 6.45) is 3.41. The number of nitrogens with zero attached hydrogens (tertiary/aromatic N) is 3. The van der Waals surface area contributed by atoms with Crippen molar-refractivity contribution in [2.75, 3.05) is 19.1 Å². The zero-order valence-electron chi connectivity index (χ0n) is 11.7. The standard InChI is InChI=1S/C16H14ClN3O/c1-19(2)20-9-5-6-13(20)10-12(11-18)16(21)14-7-3-4-8-15(14)17/h3-10H,1-2H3/b12-10+. The third-order valence-corrected chi connectivity index (χ3v) is 3.30. The Morgan fingerprint density at radius 1 is 1.29 bits per heavy atom. The summed E-state index contributed by atoms with van der Waals surface area (Å²) in [7, 11) is 3.75. The highest BCUT2D eigenvalue weighted by atomic mass is 35.5. The van der Waals surface area contributed by atoms with Crippen LogP contribution in [0.4, 0.5) is 0 Å². The molecule has 0 amide bonds. The van der Waals surface area contributed by atoms with Gasteiger partial charge < -0.3 is 5.01 Å². The second-order valence-electron chi connectivity index (χ2n) is 4.60. The van der Waals surface area contributed by atoms with Crippen LogP contribution in [0.2, 0.25) is 5.02 Å². The van der Waals surface area contributed by atoms with E-state index in [4.69, 9.17) is 11.6 Å². The molecule has 106 valence electrons. The van der Waals surface area contributed by atoms with Crippen LogP contribution in [0, 0.1) is 11.3 Å². The van der Waals surface area contributed by atoms with Gasteiger partial charge in [0.25, 0.3) is 0 Å². The van der Waals surface area contributed by atoms with Crippen LogP contribution in [0.3, 0.4) is 0 Å². The van der Waals surface area contributed by atoms with E-state index < -0.39 is 0 Å². The summed E-state index contributed by atoms with van der Waals surface area (Å²) in [5.74, 6) is -0.380. The molecular weight excluding hydrogens is 286 g/mol.